The fraction of sp³-hybridized carbons (Fsp3) is 0.429. The number of rotatable bonds is 2. The van der Waals surface area contributed by atoms with Gasteiger partial charge in [-0.3, -0.25) is 0 Å². The van der Waals surface area contributed by atoms with Crippen molar-refractivity contribution in [2.75, 3.05) is 0 Å². The molecule has 144 valence electrons. The summed E-state index contributed by atoms with van der Waals surface area (Å²) < 4.78 is 3.52. The zero-order valence-corrected chi connectivity index (χ0v) is 17.5. The molecule has 1 fully saturated rings. The van der Waals surface area contributed by atoms with Crippen molar-refractivity contribution < 1.29 is 10.2 Å². The first kappa shape index (κ1) is 20.0. The predicted octanol–water partition coefficient (Wildman–Crippen LogP) is 4.72. The van der Waals surface area contributed by atoms with Crippen LogP contribution in [0.3, 0.4) is 0 Å². The van der Waals surface area contributed by atoms with Crippen LogP contribution in [0, 0.1) is 6.92 Å². The van der Waals surface area contributed by atoms with Crippen molar-refractivity contribution in [2.24, 2.45) is 0 Å². The van der Waals surface area contributed by atoms with E-state index in [2.05, 4.69) is 67.0 Å². The number of benzene rings is 1. The quantitative estimate of drug-likeness (QED) is 0.575. The predicted molar refractivity (Wildman–Crippen MR) is 111 cm³/mol. The summed E-state index contributed by atoms with van der Waals surface area (Å²) in [5, 5.41) is 17.3. The van der Waals surface area contributed by atoms with Gasteiger partial charge in [-0.05, 0) is 69.7 Å². The maximum Gasteiger partial charge on any atom is 0.156 e. The molecule has 0 amide bonds. The average molecular weight is 432 g/mol. The highest BCUT2D eigenvalue weighted by Gasteiger charge is 2.28. The van der Waals surface area contributed by atoms with E-state index in [9.17, 15) is 0 Å². The summed E-state index contributed by atoms with van der Waals surface area (Å²) in [6.07, 6.45) is 7.49. The van der Waals surface area contributed by atoms with Crippen molar-refractivity contribution in [3.8, 4) is 0 Å². The van der Waals surface area contributed by atoms with E-state index in [4.69, 9.17) is 10.2 Å². The number of fused-ring (bicyclic) bond motifs is 1. The molecule has 1 aromatic carbocycles. The lowest BCUT2D eigenvalue weighted by atomic mass is 9.97. The molecule has 1 saturated carbocycles. The summed E-state index contributed by atoms with van der Waals surface area (Å²) in [7, 11) is 0. The Kier molecular flexibility index (Phi) is 5.99. The number of aryl methyl sites for hydroxylation is 1. The summed E-state index contributed by atoms with van der Waals surface area (Å²) in [6.45, 7) is 4.65. The van der Waals surface area contributed by atoms with Gasteiger partial charge in [0, 0.05) is 22.1 Å². The Bertz CT molecular complexity index is 911. The Balaban J connectivity index is 0.000000376. The van der Waals surface area contributed by atoms with Gasteiger partial charge in [0.25, 0.3) is 0 Å². The monoisotopic (exact) mass is 431 g/mol. The summed E-state index contributed by atoms with van der Waals surface area (Å²) in [5.41, 5.74) is 3.58. The van der Waals surface area contributed by atoms with Gasteiger partial charge in [0.2, 0.25) is 0 Å². The largest absolute Gasteiger partial charge is 0.366 e. The van der Waals surface area contributed by atoms with Gasteiger partial charge < -0.3 is 14.8 Å². The van der Waals surface area contributed by atoms with Crippen LogP contribution in [0.1, 0.15) is 56.3 Å². The number of aromatic nitrogens is 3. The molecule has 4 rings (SSSR count). The van der Waals surface area contributed by atoms with Crippen molar-refractivity contribution in [1.82, 2.24) is 14.5 Å². The van der Waals surface area contributed by atoms with Gasteiger partial charge in [0.15, 0.2) is 5.79 Å². The van der Waals surface area contributed by atoms with Gasteiger partial charge in [0.05, 0.1) is 5.69 Å². The van der Waals surface area contributed by atoms with Gasteiger partial charge in [-0.15, -0.1) is 0 Å². The third kappa shape index (κ3) is 5.15. The van der Waals surface area contributed by atoms with Crippen LogP contribution in [-0.4, -0.2) is 30.5 Å². The minimum absolute atomic E-state index is 0.538. The molecule has 5 nitrogen and oxygen atoms in total. The number of aliphatic hydroxyl groups is 2. The van der Waals surface area contributed by atoms with Gasteiger partial charge in [0.1, 0.15) is 12.0 Å². The normalized spacial score (nSPS) is 19.8. The molecule has 6 heteroatoms. The zero-order chi connectivity index (χ0) is 19.6. The fourth-order valence-electron chi connectivity index (χ4n) is 3.67. The van der Waals surface area contributed by atoms with Gasteiger partial charge >= 0.3 is 0 Å². The van der Waals surface area contributed by atoms with Crippen molar-refractivity contribution in [3.63, 3.8) is 0 Å². The minimum atomic E-state index is -1.50. The van der Waals surface area contributed by atoms with E-state index in [0.29, 0.717) is 12.0 Å². The molecule has 1 aliphatic carbocycles. The highest BCUT2D eigenvalue weighted by Crippen LogP contribution is 2.42. The van der Waals surface area contributed by atoms with E-state index in [1.165, 1.54) is 48.5 Å². The van der Waals surface area contributed by atoms with Crippen LogP contribution in [0.5, 0.6) is 0 Å². The first-order chi connectivity index (χ1) is 12.7. The lowest BCUT2D eigenvalue weighted by Gasteiger charge is -2.15. The van der Waals surface area contributed by atoms with E-state index >= 15 is 0 Å². The molecule has 2 heterocycles. The Morgan fingerprint density at radius 1 is 1.15 bits per heavy atom. The molecular weight excluding hydrogens is 406 g/mol. The highest BCUT2D eigenvalue weighted by atomic mass is 79.9. The lowest BCUT2D eigenvalue weighted by Crippen LogP contribution is -2.15. The summed E-state index contributed by atoms with van der Waals surface area (Å²) >= 11 is 3.58. The second-order valence-corrected chi connectivity index (χ2v) is 8.55. The van der Waals surface area contributed by atoms with Crippen LogP contribution in [0.4, 0.5) is 0 Å². The summed E-state index contributed by atoms with van der Waals surface area (Å²) in [5.74, 6) is -0.858. The standard InChI is InChI=1S/C18H18BrN3.C3H8O2/c1-12-17-7-8-22(18(17)21-11-20-12)16-6-5-14(10-16)13-3-2-4-15(19)9-13;1-3(2,4)5/h2-4,7-9,11,14,16H,5-6,10H2,1H3;4-5H,1-2H3. The first-order valence-corrected chi connectivity index (χ1v) is 10.00. The summed E-state index contributed by atoms with van der Waals surface area (Å²) in [6, 6.07) is 11.4. The molecular formula is C21H26BrN3O2. The second kappa shape index (κ2) is 8.09. The van der Waals surface area contributed by atoms with Crippen LogP contribution in [0.25, 0.3) is 11.0 Å². The molecule has 27 heavy (non-hydrogen) atoms. The van der Waals surface area contributed by atoms with Crippen LogP contribution in [0.15, 0.2) is 47.3 Å². The van der Waals surface area contributed by atoms with Gasteiger partial charge in [-0.2, -0.15) is 0 Å². The van der Waals surface area contributed by atoms with E-state index in [1.807, 2.05) is 6.92 Å². The topological polar surface area (TPSA) is 71.2 Å². The van der Waals surface area contributed by atoms with Crippen molar-refractivity contribution >= 4 is 27.0 Å². The molecule has 0 saturated heterocycles. The summed E-state index contributed by atoms with van der Waals surface area (Å²) in [4.78, 5) is 8.79. The Morgan fingerprint density at radius 3 is 2.59 bits per heavy atom. The number of hydrogen-bond donors (Lipinski definition) is 2. The number of halogens is 1. The van der Waals surface area contributed by atoms with E-state index in [-0.39, 0.29) is 0 Å². The third-order valence-electron chi connectivity index (χ3n) is 4.83. The third-order valence-corrected chi connectivity index (χ3v) is 5.32. The SMILES string of the molecule is CC(C)(O)O.Cc1ncnc2c1ccn2C1CCC(c2cccc(Br)c2)C1. The molecule has 0 bridgehead atoms. The molecule has 0 spiro atoms. The molecule has 2 aromatic heterocycles. The molecule has 2 N–H and O–H groups in total. The van der Waals surface area contributed by atoms with Crippen molar-refractivity contribution in [2.45, 2.75) is 57.8 Å². The minimum Gasteiger partial charge on any atom is -0.366 e. The molecule has 0 radical (unpaired) electrons. The molecule has 1 aliphatic rings. The average Bonchev–Trinajstić information content (AvgIpc) is 3.20. The van der Waals surface area contributed by atoms with Crippen LogP contribution in [-0.2, 0) is 0 Å². The molecule has 2 unspecified atom stereocenters. The maximum atomic E-state index is 8.08. The number of nitrogens with zero attached hydrogens (tertiary/aromatic N) is 3. The Morgan fingerprint density at radius 2 is 1.89 bits per heavy atom. The van der Waals surface area contributed by atoms with E-state index in [1.54, 1.807) is 6.33 Å². The zero-order valence-electron chi connectivity index (χ0n) is 15.9. The lowest BCUT2D eigenvalue weighted by molar-refractivity contribution is -0.127. The van der Waals surface area contributed by atoms with Gasteiger partial charge in [-0.25, -0.2) is 9.97 Å². The Labute approximate surface area is 168 Å². The fourth-order valence-corrected chi connectivity index (χ4v) is 4.08. The van der Waals surface area contributed by atoms with E-state index < -0.39 is 5.79 Å². The smallest absolute Gasteiger partial charge is 0.156 e. The van der Waals surface area contributed by atoms with Crippen LogP contribution < -0.4 is 0 Å². The van der Waals surface area contributed by atoms with Crippen LogP contribution in [0.2, 0.25) is 0 Å². The maximum absolute atomic E-state index is 8.08. The first-order valence-electron chi connectivity index (χ1n) is 9.20. The molecule has 2 atom stereocenters. The highest BCUT2D eigenvalue weighted by molar-refractivity contribution is 9.10. The van der Waals surface area contributed by atoms with E-state index in [0.717, 1.165) is 11.3 Å². The van der Waals surface area contributed by atoms with Crippen LogP contribution >= 0.6 is 15.9 Å². The van der Waals surface area contributed by atoms with Crippen molar-refractivity contribution in [3.05, 3.63) is 58.6 Å². The van der Waals surface area contributed by atoms with Gasteiger partial charge in [-0.1, -0.05) is 28.1 Å². The van der Waals surface area contributed by atoms with Crippen molar-refractivity contribution in [1.29, 1.82) is 0 Å². The second-order valence-electron chi connectivity index (χ2n) is 7.63. The molecule has 3 aromatic rings. The number of hydrogen-bond acceptors (Lipinski definition) is 4. The molecule has 0 aliphatic heterocycles. The Hall–Kier alpha value is -1.76.